The predicted octanol–water partition coefficient (Wildman–Crippen LogP) is 2.83. The maximum Gasteiger partial charge on any atom is 0.281 e. The van der Waals surface area contributed by atoms with E-state index in [1.54, 1.807) is 0 Å². The Morgan fingerprint density at radius 1 is 0.963 bits per heavy atom. The van der Waals surface area contributed by atoms with Gasteiger partial charge in [0.05, 0.1) is 12.8 Å². The van der Waals surface area contributed by atoms with Crippen molar-refractivity contribution in [3.63, 3.8) is 0 Å². The van der Waals surface area contributed by atoms with Crippen LogP contribution in [-0.4, -0.2) is 24.0 Å². The molecule has 0 aliphatic carbocycles. The molecule has 2 amide bonds. The van der Waals surface area contributed by atoms with Gasteiger partial charge in [-0.1, -0.05) is 0 Å². The number of anilines is 2. The van der Waals surface area contributed by atoms with Crippen LogP contribution in [-0.2, 0) is 9.59 Å². The lowest BCUT2D eigenvalue weighted by Gasteiger charge is -2.16. The second kappa shape index (κ2) is 6.63. The number of benzene rings is 2. The monoisotopic (exact) mass is 382 g/mol. The molecule has 2 aromatic rings. The van der Waals surface area contributed by atoms with Crippen LogP contribution < -0.4 is 15.0 Å². The zero-order chi connectivity index (χ0) is 19.9. The van der Waals surface area contributed by atoms with Gasteiger partial charge < -0.3 is 15.2 Å². The summed E-state index contributed by atoms with van der Waals surface area (Å²) in [6.07, 6.45) is 0.797. The topological polar surface area (TPSA) is 78.9 Å². The third-order valence-corrected chi connectivity index (χ3v) is 3.66. The number of halogens is 4. The zero-order valence-corrected chi connectivity index (χ0v) is 13.5. The first-order chi connectivity index (χ1) is 12.7. The van der Waals surface area contributed by atoms with Gasteiger partial charge in [0.2, 0.25) is 0 Å². The molecule has 0 atom stereocenters. The van der Waals surface area contributed by atoms with E-state index in [0.717, 1.165) is 25.3 Å². The minimum atomic E-state index is -1.29. The number of aromatic hydroxyl groups is 1. The van der Waals surface area contributed by atoms with Crippen molar-refractivity contribution in [1.29, 1.82) is 0 Å². The molecule has 0 fully saturated rings. The molecule has 1 aliphatic rings. The number of phenols is 1. The maximum atomic E-state index is 13.8. The Balaban J connectivity index is 1.90. The average Bonchev–Trinajstić information content (AvgIpc) is 2.86. The van der Waals surface area contributed by atoms with Gasteiger partial charge in [-0.2, -0.15) is 0 Å². The van der Waals surface area contributed by atoms with Gasteiger partial charge in [0.15, 0.2) is 34.8 Å². The number of phenolic OH excluding ortho intramolecular Hbond substituents is 1. The maximum absolute atomic E-state index is 13.8. The van der Waals surface area contributed by atoms with Crippen LogP contribution in [0.3, 0.4) is 0 Å². The average molecular weight is 382 g/mol. The van der Waals surface area contributed by atoms with Crippen molar-refractivity contribution >= 4 is 23.2 Å². The largest absolute Gasteiger partial charge is 0.503 e. The van der Waals surface area contributed by atoms with E-state index in [2.05, 4.69) is 10.1 Å². The van der Waals surface area contributed by atoms with Gasteiger partial charge in [-0.3, -0.25) is 9.59 Å². The molecule has 0 spiro atoms. The summed E-state index contributed by atoms with van der Waals surface area (Å²) in [5.41, 5.74) is -1.04. The van der Waals surface area contributed by atoms with E-state index in [9.17, 15) is 27.2 Å². The third-order valence-electron chi connectivity index (χ3n) is 3.66. The van der Waals surface area contributed by atoms with Crippen LogP contribution in [0.1, 0.15) is 0 Å². The molecule has 1 aliphatic heterocycles. The van der Waals surface area contributed by atoms with Crippen LogP contribution in [0.4, 0.5) is 28.9 Å². The quantitative estimate of drug-likeness (QED) is 0.483. The van der Waals surface area contributed by atoms with Gasteiger partial charge in [-0.05, 0) is 0 Å². The highest BCUT2D eigenvalue weighted by Crippen LogP contribution is 2.31. The lowest BCUT2D eigenvalue weighted by Crippen LogP contribution is -2.32. The van der Waals surface area contributed by atoms with Crippen molar-refractivity contribution in [2.45, 2.75) is 0 Å². The van der Waals surface area contributed by atoms with Crippen LogP contribution in [0.25, 0.3) is 0 Å². The molecule has 1 heterocycles. The minimum absolute atomic E-state index is 0.260. The summed E-state index contributed by atoms with van der Waals surface area (Å²) in [5.74, 6) is -8.64. The Labute approximate surface area is 149 Å². The molecule has 27 heavy (non-hydrogen) atoms. The molecule has 10 heteroatoms. The number of methoxy groups -OCH3 is 1. The molecule has 0 saturated heterocycles. The first-order valence-electron chi connectivity index (χ1n) is 7.31. The smallest absolute Gasteiger partial charge is 0.281 e. The van der Waals surface area contributed by atoms with Crippen LogP contribution in [0.15, 0.2) is 36.0 Å². The summed E-state index contributed by atoms with van der Waals surface area (Å²) in [6, 6.07) is 2.86. The molecule has 0 saturated carbocycles. The highest BCUT2D eigenvalue weighted by Gasteiger charge is 2.34. The van der Waals surface area contributed by atoms with Gasteiger partial charge in [-0.15, -0.1) is 0 Å². The molecular formula is C17H10F4N2O4. The first-order valence-corrected chi connectivity index (χ1v) is 7.31. The molecular weight excluding hydrogens is 372 g/mol. The zero-order valence-electron chi connectivity index (χ0n) is 13.5. The molecule has 140 valence electrons. The second-order valence-electron chi connectivity index (χ2n) is 5.39. The first kappa shape index (κ1) is 18.2. The van der Waals surface area contributed by atoms with Gasteiger partial charge in [0.1, 0.15) is 5.70 Å². The highest BCUT2D eigenvalue weighted by atomic mass is 19.1. The number of hydrogen-bond donors (Lipinski definition) is 2. The fraction of sp³-hybridized carbons (Fsp3) is 0.0588. The molecule has 2 N–H and O–H groups in total. The van der Waals surface area contributed by atoms with E-state index in [-0.39, 0.29) is 11.4 Å². The summed E-state index contributed by atoms with van der Waals surface area (Å²) < 4.78 is 59.0. The number of hydrogen-bond acceptors (Lipinski definition) is 5. The van der Waals surface area contributed by atoms with E-state index in [1.807, 2.05) is 0 Å². The second-order valence-corrected chi connectivity index (χ2v) is 5.39. The number of nitrogens with zero attached hydrogens (tertiary/aromatic N) is 1. The molecule has 0 aromatic heterocycles. The van der Waals surface area contributed by atoms with Crippen LogP contribution in [0.5, 0.6) is 11.5 Å². The van der Waals surface area contributed by atoms with Crippen LogP contribution >= 0.6 is 0 Å². The predicted molar refractivity (Wildman–Crippen MR) is 85.1 cm³/mol. The van der Waals surface area contributed by atoms with Crippen molar-refractivity contribution in [1.82, 2.24) is 0 Å². The molecule has 0 radical (unpaired) electrons. The number of carbonyl (C=O) groups is 2. The summed E-state index contributed by atoms with van der Waals surface area (Å²) in [6.45, 7) is 0. The van der Waals surface area contributed by atoms with Crippen molar-refractivity contribution in [2.75, 3.05) is 17.3 Å². The lowest BCUT2D eigenvalue weighted by atomic mass is 10.2. The SMILES string of the molecule is COc1c(F)cc(N2C(=O)C=C(Nc3cc(F)c(O)c(F)c3)C2=O)cc1F. The van der Waals surface area contributed by atoms with Crippen LogP contribution in [0.2, 0.25) is 0 Å². The number of imide groups is 1. The summed E-state index contributed by atoms with van der Waals surface area (Å²) in [5, 5.41) is 11.4. The van der Waals surface area contributed by atoms with Crippen molar-refractivity contribution in [3.8, 4) is 11.5 Å². The number of amides is 2. The number of ether oxygens (including phenoxy) is 1. The Kier molecular flexibility index (Phi) is 4.48. The van der Waals surface area contributed by atoms with E-state index >= 15 is 0 Å². The van der Waals surface area contributed by atoms with E-state index < -0.39 is 52.3 Å². The van der Waals surface area contributed by atoms with Crippen molar-refractivity contribution in [3.05, 3.63) is 59.3 Å². The minimum Gasteiger partial charge on any atom is -0.503 e. The summed E-state index contributed by atoms with van der Waals surface area (Å²) in [4.78, 5) is 24.9. The van der Waals surface area contributed by atoms with E-state index in [4.69, 9.17) is 5.11 Å². The standard InChI is InChI=1S/C17H10F4N2O4/c1-27-16-11(20)4-8(5-12(16)21)23-14(24)6-13(17(23)26)22-7-2-9(18)15(25)10(19)3-7/h2-6,22,25H,1H3. The van der Waals surface area contributed by atoms with Gasteiger partial charge in [0, 0.05) is 36.0 Å². The molecule has 3 rings (SSSR count). The number of carbonyl (C=O) groups excluding carboxylic acids is 2. The number of rotatable bonds is 4. The molecule has 0 unspecified atom stereocenters. The van der Waals surface area contributed by atoms with Crippen molar-refractivity contribution < 1.29 is 37.0 Å². The van der Waals surface area contributed by atoms with E-state index in [1.165, 1.54) is 0 Å². The van der Waals surface area contributed by atoms with Gasteiger partial charge in [0.25, 0.3) is 11.8 Å². The fourth-order valence-electron chi connectivity index (χ4n) is 2.47. The Hall–Kier alpha value is -3.56. The van der Waals surface area contributed by atoms with Gasteiger partial charge in [-0.25, -0.2) is 22.5 Å². The lowest BCUT2D eigenvalue weighted by molar-refractivity contribution is -0.120. The molecule has 0 bridgehead atoms. The summed E-state index contributed by atoms with van der Waals surface area (Å²) in [7, 11) is 1.05. The Bertz CT molecular complexity index is 960. The molecule has 6 nitrogen and oxygen atoms in total. The van der Waals surface area contributed by atoms with E-state index in [0.29, 0.717) is 17.0 Å². The fourth-order valence-corrected chi connectivity index (χ4v) is 2.47. The summed E-state index contributed by atoms with van der Waals surface area (Å²) >= 11 is 0. The normalized spacial score (nSPS) is 13.8. The Morgan fingerprint density at radius 2 is 1.52 bits per heavy atom. The van der Waals surface area contributed by atoms with Gasteiger partial charge >= 0.3 is 0 Å². The number of nitrogens with one attached hydrogen (secondary N) is 1. The molecule has 2 aromatic carbocycles. The van der Waals surface area contributed by atoms with Crippen molar-refractivity contribution in [2.24, 2.45) is 0 Å². The van der Waals surface area contributed by atoms with Crippen LogP contribution in [0, 0.1) is 23.3 Å². The highest BCUT2D eigenvalue weighted by molar-refractivity contribution is 6.31. The third kappa shape index (κ3) is 3.16. The Morgan fingerprint density at radius 3 is 2.04 bits per heavy atom.